The number of aliphatic hydroxyl groups is 1. The molecule has 2 nitrogen and oxygen atoms in total. The molecule has 0 spiro atoms. The van der Waals surface area contributed by atoms with Crippen LogP contribution >= 0.6 is 27.3 Å². The lowest BCUT2D eigenvalue weighted by Crippen LogP contribution is -1.98. The molecule has 1 aromatic heterocycles. The zero-order valence-corrected chi connectivity index (χ0v) is 12.5. The average molecular weight is 327 g/mol. The summed E-state index contributed by atoms with van der Waals surface area (Å²) in [6, 6.07) is 9.94. The van der Waals surface area contributed by atoms with Crippen LogP contribution in [-0.4, -0.2) is 12.2 Å². The van der Waals surface area contributed by atoms with E-state index in [2.05, 4.69) is 15.9 Å². The number of methoxy groups -OCH3 is 1. The summed E-state index contributed by atoms with van der Waals surface area (Å²) in [5.41, 5.74) is 1.21. The number of halogens is 1. The van der Waals surface area contributed by atoms with Crippen LogP contribution in [0.2, 0.25) is 0 Å². The van der Waals surface area contributed by atoms with E-state index >= 15 is 0 Å². The van der Waals surface area contributed by atoms with Crippen molar-refractivity contribution >= 4 is 27.3 Å². The standard InChI is InChI=1S/C14H15BrO2S/c1-17-11-5-2-10(3-6-11)4-7-13(16)14-12(15)8-9-18-14/h2-3,5-6,8-9,13,16H,4,7H2,1H3. The Morgan fingerprint density at radius 2 is 2.00 bits per heavy atom. The van der Waals surface area contributed by atoms with Gasteiger partial charge in [0, 0.05) is 9.35 Å². The fourth-order valence-electron chi connectivity index (χ4n) is 1.77. The van der Waals surface area contributed by atoms with E-state index in [1.165, 1.54) is 5.56 Å². The summed E-state index contributed by atoms with van der Waals surface area (Å²) in [7, 11) is 1.66. The number of hydrogen-bond donors (Lipinski definition) is 1. The topological polar surface area (TPSA) is 29.5 Å². The van der Waals surface area contributed by atoms with Gasteiger partial charge in [-0.25, -0.2) is 0 Å². The molecule has 1 heterocycles. The Morgan fingerprint density at radius 1 is 1.28 bits per heavy atom. The number of benzene rings is 1. The molecule has 2 rings (SSSR count). The molecule has 18 heavy (non-hydrogen) atoms. The summed E-state index contributed by atoms with van der Waals surface area (Å²) in [6.07, 6.45) is 1.18. The largest absolute Gasteiger partial charge is 0.497 e. The van der Waals surface area contributed by atoms with Gasteiger partial charge in [-0.05, 0) is 57.9 Å². The Morgan fingerprint density at radius 3 is 2.56 bits per heavy atom. The van der Waals surface area contributed by atoms with Gasteiger partial charge in [0.15, 0.2) is 0 Å². The van der Waals surface area contributed by atoms with Crippen molar-refractivity contribution in [1.29, 1.82) is 0 Å². The Kier molecular flexibility index (Phi) is 4.80. The molecule has 0 amide bonds. The molecule has 1 aromatic carbocycles. The van der Waals surface area contributed by atoms with Crippen LogP contribution in [0.5, 0.6) is 5.75 Å². The number of rotatable bonds is 5. The molecule has 1 unspecified atom stereocenters. The molecular formula is C14H15BrO2S. The maximum atomic E-state index is 10.1. The van der Waals surface area contributed by atoms with Gasteiger partial charge in [-0.3, -0.25) is 0 Å². The highest BCUT2D eigenvalue weighted by Crippen LogP contribution is 2.31. The lowest BCUT2D eigenvalue weighted by atomic mass is 10.1. The van der Waals surface area contributed by atoms with Crippen LogP contribution < -0.4 is 4.74 Å². The van der Waals surface area contributed by atoms with Crippen molar-refractivity contribution in [2.24, 2.45) is 0 Å². The third kappa shape index (κ3) is 3.34. The number of ether oxygens (including phenoxy) is 1. The molecule has 0 saturated carbocycles. The minimum Gasteiger partial charge on any atom is -0.497 e. The third-order valence-corrected chi connectivity index (χ3v) is 4.78. The molecule has 0 bridgehead atoms. The summed E-state index contributed by atoms with van der Waals surface area (Å²) in [6.45, 7) is 0. The molecule has 96 valence electrons. The van der Waals surface area contributed by atoms with Crippen molar-refractivity contribution in [2.45, 2.75) is 18.9 Å². The molecule has 4 heteroatoms. The number of thiophene rings is 1. The fourth-order valence-corrected chi connectivity index (χ4v) is 3.43. The summed E-state index contributed by atoms with van der Waals surface area (Å²) in [5.74, 6) is 0.861. The summed E-state index contributed by atoms with van der Waals surface area (Å²) >= 11 is 5.03. The lowest BCUT2D eigenvalue weighted by molar-refractivity contribution is 0.171. The van der Waals surface area contributed by atoms with Crippen LogP contribution in [0.4, 0.5) is 0 Å². The molecule has 1 N–H and O–H groups in total. The zero-order valence-electron chi connectivity index (χ0n) is 10.1. The van der Waals surface area contributed by atoms with Crippen molar-refractivity contribution in [3.63, 3.8) is 0 Å². The fraction of sp³-hybridized carbons (Fsp3) is 0.286. The predicted molar refractivity (Wildman–Crippen MR) is 78.3 cm³/mol. The van der Waals surface area contributed by atoms with Gasteiger partial charge in [0.05, 0.1) is 13.2 Å². The van der Waals surface area contributed by atoms with Crippen molar-refractivity contribution in [1.82, 2.24) is 0 Å². The summed E-state index contributed by atoms with van der Waals surface area (Å²) in [5, 5.41) is 12.1. The van der Waals surface area contributed by atoms with Crippen LogP contribution in [0, 0.1) is 0 Å². The van der Waals surface area contributed by atoms with Crippen LogP contribution in [-0.2, 0) is 6.42 Å². The maximum absolute atomic E-state index is 10.1. The van der Waals surface area contributed by atoms with Crippen molar-refractivity contribution in [3.05, 3.63) is 50.6 Å². The summed E-state index contributed by atoms with van der Waals surface area (Å²) in [4.78, 5) is 1.00. The van der Waals surface area contributed by atoms with Gasteiger partial charge < -0.3 is 9.84 Å². The van der Waals surface area contributed by atoms with Gasteiger partial charge in [0.2, 0.25) is 0 Å². The Labute approximate surface area is 119 Å². The number of aliphatic hydroxyl groups excluding tert-OH is 1. The van der Waals surface area contributed by atoms with Gasteiger partial charge in [-0.2, -0.15) is 0 Å². The van der Waals surface area contributed by atoms with Crippen molar-refractivity contribution in [2.75, 3.05) is 7.11 Å². The lowest BCUT2D eigenvalue weighted by Gasteiger charge is -2.09. The normalized spacial score (nSPS) is 12.4. The van der Waals surface area contributed by atoms with Gasteiger partial charge in [0.25, 0.3) is 0 Å². The first-order chi connectivity index (χ1) is 8.70. The second-order valence-electron chi connectivity index (χ2n) is 4.04. The maximum Gasteiger partial charge on any atom is 0.118 e. The Hall–Kier alpha value is -0.840. The van der Waals surface area contributed by atoms with Crippen LogP contribution in [0.1, 0.15) is 23.0 Å². The van der Waals surface area contributed by atoms with E-state index in [1.807, 2.05) is 35.7 Å². The van der Waals surface area contributed by atoms with Crippen LogP contribution in [0.3, 0.4) is 0 Å². The van der Waals surface area contributed by atoms with Gasteiger partial charge in [0.1, 0.15) is 5.75 Å². The van der Waals surface area contributed by atoms with E-state index in [9.17, 15) is 5.11 Å². The highest BCUT2D eigenvalue weighted by molar-refractivity contribution is 9.10. The van der Waals surface area contributed by atoms with Gasteiger partial charge >= 0.3 is 0 Å². The van der Waals surface area contributed by atoms with Crippen LogP contribution in [0.25, 0.3) is 0 Å². The average Bonchev–Trinajstić information content (AvgIpc) is 2.83. The van der Waals surface area contributed by atoms with E-state index in [4.69, 9.17) is 4.74 Å². The first-order valence-corrected chi connectivity index (χ1v) is 7.42. The molecule has 0 fully saturated rings. The molecule has 0 saturated heterocycles. The van der Waals surface area contributed by atoms with E-state index in [-0.39, 0.29) is 0 Å². The SMILES string of the molecule is COc1ccc(CCC(O)c2sccc2Br)cc1. The second kappa shape index (κ2) is 6.36. The second-order valence-corrected chi connectivity index (χ2v) is 5.84. The Balaban J connectivity index is 1.93. The van der Waals surface area contributed by atoms with E-state index in [0.29, 0.717) is 0 Å². The monoisotopic (exact) mass is 326 g/mol. The number of hydrogen-bond acceptors (Lipinski definition) is 3. The first-order valence-electron chi connectivity index (χ1n) is 5.74. The zero-order chi connectivity index (χ0) is 13.0. The molecule has 0 aliphatic carbocycles. The molecule has 0 aliphatic rings. The minimum absolute atomic E-state index is 0.401. The Bertz CT molecular complexity index is 493. The molecule has 0 radical (unpaired) electrons. The smallest absolute Gasteiger partial charge is 0.118 e. The quantitative estimate of drug-likeness (QED) is 0.892. The number of aryl methyl sites for hydroxylation is 1. The molecule has 1 atom stereocenters. The van der Waals surface area contributed by atoms with Crippen molar-refractivity contribution < 1.29 is 9.84 Å². The first kappa shape index (κ1) is 13.6. The summed E-state index contributed by atoms with van der Waals surface area (Å²) < 4.78 is 6.11. The third-order valence-electron chi connectivity index (χ3n) is 2.81. The van der Waals surface area contributed by atoms with E-state index in [0.717, 1.165) is 27.9 Å². The van der Waals surface area contributed by atoms with Crippen molar-refractivity contribution in [3.8, 4) is 5.75 Å². The van der Waals surface area contributed by atoms with E-state index < -0.39 is 6.10 Å². The van der Waals surface area contributed by atoms with Gasteiger partial charge in [-0.15, -0.1) is 11.3 Å². The molecular weight excluding hydrogens is 312 g/mol. The minimum atomic E-state index is -0.401. The van der Waals surface area contributed by atoms with Crippen LogP contribution in [0.15, 0.2) is 40.2 Å². The predicted octanol–water partition coefficient (Wildman–Crippen LogP) is 4.19. The highest BCUT2D eigenvalue weighted by atomic mass is 79.9. The molecule has 0 aliphatic heterocycles. The van der Waals surface area contributed by atoms with Gasteiger partial charge in [-0.1, -0.05) is 12.1 Å². The molecule has 2 aromatic rings. The highest BCUT2D eigenvalue weighted by Gasteiger charge is 2.12. The van der Waals surface area contributed by atoms with E-state index in [1.54, 1.807) is 18.4 Å².